The molecule has 7 aromatic rings. The molecule has 7 rings (SSSR count). The molecule has 0 atom stereocenters. The van der Waals surface area contributed by atoms with Crippen LogP contribution in [0, 0.1) is 10.8 Å². The first-order valence-electron chi connectivity index (χ1n) is 14.1. The summed E-state index contributed by atoms with van der Waals surface area (Å²) in [6, 6.07) is 45.2. The first-order valence-corrected chi connectivity index (χ1v) is 14.1. The van der Waals surface area contributed by atoms with Gasteiger partial charge in [-0.3, -0.25) is 0 Å². The Hall–Kier alpha value is -5.87. The van der Waals surface area contributed by atoms with E-state index in [1.165, 1.54) is 17.2 Å². The molecule has 0 bridgehead atoms. The molecule has 204 valence electrons. The third-order valence-corrected chi connectivity index (χ3v) is 7.73. The van der Waals surface area contributed by atoms with Crippen LogP contribution in [0.2, 0.25) is 0 Å². The molecule has 0 amide bonds. The van der Waals surface area contributed by atoms with Gasteiger partial charge in [-0.2, -0.15) is 0 Å². The maximum atomic E-state index is 8.77. The Morgan fingerprint density at radius 3 is 2.14 bits per heavy atom. The Balaban J connectivity index is 1.30. The van der Waals surface area contributed by atoms with E-state index in [1.807, 2.05) is 54.6 Å². The summed E-state index contributed by atoms with van der Waals surface area (Å²) >= 11 is 0. The quantitative estimate of drug-likeness (QED) is 0.193. The zero-order valence-electron chi connectivity index (χ0n) is 23.3. The average molecular weight is 554 g/mol. The number of allylic oxidation sites excluding steroid dienone is 2. The first kappa shape index (κ1) is 26.1. The molecular weight excluding hydrogens is 526 g/mol. The molecular formula is C39H27N3O. The number of oxazole rings is 1. The van der Waals surface area contributed by atoms with Crippen molar-refractivity contribution >= 4 is 33.3 Å². The molecule has 0 saturated heterocycles. The van der Waals surface area contributed by atoms with Gasteiger partial charge in [-0.15, -0.1) is 0 Å². The Kier molecular flexibility index (Phi) is 6.78. The fraction of sp³-hybridized carbons (Fsp3) is 0. The lowest BCUT2D eigenvalue weighted by molar-refractivity contribution is 0.602. The minimum atomic E-state index is 0.356. The van der Waals surface area contributed by atoms with Gasteiger partial charge in [0.2, 0.25) is 0 Å². The fourth-order valence-corrected chi connectivity index (χ4v) is 5.54. The Bertz CT molecular complexity index is 2170. The summed E-state index contributed by atoms with van der Waals surface area (Å²) < 4.78 is 5.57. The van der Waals surface area contributed by atoms with Crippen LogP contribution in [0.25, 0.3) is 55.3 Å². The molecule has 43 heavy (non-hydrogen) atoms. The van der Waals surface area contributed by atoms with Gasteiger partial charge in [-0.25, -0.2) is 4.98 Å². The molecule has 0 fully saturated rings. The second-order valence-corrected chi connectivity index (χ2v) is 10.4. The van der Waals surface area contributed by atoms with E-state index < -0.39 is 0 Å². The molecule has 0 aliphatic rings. The molecule has 2 N–H and O–H groups in total. The molecule has 0 radical (unpaired) electrons. The van der Waals surface area contributed by atoms with Gasteiger partial charge in [-0.05, 0) is 91.7 Å². The second-order valence-electron chi connectivity index (χ2n) is 10.4. The number of nitrogens with one attached hydrogen (secondary N) is 2. The highest BCUT2D eigenvalue weighted by Gasteiger charge is 2.14. The van der Waals surface area contributed by atoms with Crippen LogP contribution in [0.1, 0.15) is 11.1 Å². The molecule has 1 heterocycles. The predicted molar refractivity (Wildman–Crippen MR) is 177 cm³/mol. The topological polar surface area (TPSA) is 73.7 Å². The van der Waals surface area contributed by atoms with Gasteiger partial charge in [0.1, 0.15) is 5.52 Å². The lowest BCUT2D eigenvalue weighted by atomic mass is 9.88. The van der Waals surface area contributed by atoms with E-state index in [-0.39, 0.29) is 0 Å². The second kappa shape index (κ2) is 11.2. The lowest BCUT2D eigenvalue weighted by Crippen LogP contribution is -1.99. The number of aromatic nitrogens is 1. The van der Waals surface area contributed by atoms with E-state index >= 15 is 0 Å². The normalized spacial score (nSPS) is 11.3. The number of fused-ring (bicyclic) bond motifs is 2. The van der Waals surface area contributed by atoms with E-state index in [0.29, 0.717) is 11.4 Å². The lowest BCUT2D eigenvalue weighted by Gasteiger charge is -2.16. The van der Waals surface area contributed by atoms with Crippen molar-refractivity contribution in [1.82, 2.24) is 4.98 Å². The maximum Gasteiger partial charge on any atom is 0.181 e. The molecule has 4 heteroatoms. The molecule has 0 aliphatic carbocycles. The summed E-state index contributed by atoms with van der Waals surface area (Å²) in [5, 5.41) is 19.5. The van der Waals surface area contributed by atoms with Gasteiger partial charge in [0.05, 0.1) is 11.4 Å². The van der Waals surface area contributed by atoms with Crippen molar-refractivity contribution in [3.05, 3.63) is 163 Å². The van der Waals surface area contributed by atoms with E-state index in [0.717, 1.165) is 55.6 Å². The highest BCUT2D eigenvalue weighted by atomic mass is 16.3. The van der Waals surface area contributed by atoms with Crippen LogP contribution in [0.5, 0.6) is 0 Å². The van der Waals surface area contributed by atoms with Crippen LogP contribution in [0.3, 0.4) is 0 Å². The van der Waals surface area contributed by atoms with Crippen LogP contribution >= 0.6 is 0 Å². The number of hydrogen-bond acceptors (Lipinski definition) is 4. The monoisotopic (exact) mass is 553 g/mol. The average Bonchev–Trinajstić information content (AvgIpc) is 3.55. The molecule has 4 nitrogen and oxygen atoms in total. The molecule has 6 aromatic carbocycles. The highest BCUT2D eigenvalue weighted by Crippen LogP contribution is 2.40. The number of rotatable bonds is 7. The van der Waals surface area contributed by atoms with E-state index in [1.54, 1.807) is 12.2 Å². The first-order chi connectivity index (χ1) is 21.1. The zero-order valence-corrected chi connectivity index (χ0v) is 23.3. The summed E-state index contributed by atoms with van der Waals surface area (Å²) in [5.74, 6) is 0. The highest BCUT2D eigenvalue weighted by molar-refractivity contribution is 6.14. The van der Waals surface area contributed by atoms with Crippen molar-refractivity contribution in [2.75, 3.05) is 0 Å². The third kappa shape index (κ3) is 5.18. The van der Waals surface area contributed by atoms with Gasteiger partial charge >= 0.3 is 0 Å². The van der Waals surface area contributed by atoms with Gasteiger partial charge < -0.3 is 15.2 Å². The zero-order chi connectivity index (χ0) is 29.2. The minimum absolute atomic E-state index is 0.356. The van der Waals surface area contributed by atoms with Crippen molar-refractivity contribution in [3.63, 3.8) is 0 Å². The largest absolute Gasteiger partial charge is 0.443 e. The molecule has 0 spiro atoms. The molecule has 1 aromatic heterocycles. The minimum Gasteiger partial charge on any atom is -0.443 e. The van der Waals surface area contributed by atoms with Gasteiger partial charge in [0.25, 0.3) is 0 Å². The third-order valence-electron chi connectivity index (χ3n) is 7.73. The van der Waals surface area contributed by atoms with Crippen LogP contribution in [0.4, 0.5) is 0 Å². The van der Waals surface area contributed by atoms with Gasteiger partial charge in [0.15, 0.2) is 12.0 Å². The summed E-state index contributed by atoms with van der Waals surface area (Å²) in [5.41, 5.74) is 10.5. The fourth-order valence-electron chi connectivity index (χ4n) is 5.54. The Morgan fingerprint density at radius 1 is 0.558 bits per heavy atom. The summed E-state index contributed by atoms with van der Waals surface area (Å²) in [7, 11) is 0. The van der Waals surface area contributed by atoms with Crippen molar-refractivity contribution in [3.8, 4) is 33.4 Å². The Labute approximate surface area is 249 Å². The van der Waals surface area contributed by atoms with Gasteiger partial charge in [-0.1, -0.05) is 109 Å². The van der Waals surface area contributed by atoms with Crippen LogP contribution < -0.4 is 0 Å². The van der Waals surface area contributed by atoms with Crippen LogP contribution in [-0.2, 0) is 0 Å². The van der Waals surface area contributed by atoms with Crippen molar-refractivity contribution in [2.45, 2.75) is 0 Å². The number of benzene rings is 6. The smallest absolute Gasteiger partial charge is 0.181 e. The maximum absolute atomic E-state index is 8.77. The van der Waals surface area contributed by atoms with Crippen molar-refractivity contribution < 1.29 is 4.42 Å². The number of nitrogens with zero attached hydrogens (tertiary/aromatic N) is 1. The number of hydrogen-bond donors (Lipinski definition) is 2. The van der Waals surface area contributed by atoms with Gasteiger partial charge in [0, 0.05) is 0 Å². The van der Waals surface area contributed by atoms with E-state index in [4.69, 9.17) is 15.2 Å². The van der Waals surface area contributed by atoms with E-state index in [2.05, 4.69) is 83.8 Å². The van der Waals surface area contributed by atoms with Crippen LogP contribution in [0.15, 0.2) is 156 Å². The molecule has 0 saturated carbocycles. The summed E-state index contributed by atoms with van der Waals surface area (Å²) in [6.45, 7) is 0. The standard InChI is InChI=1S/C39H27N3O/c40-35(27-9-2-1-3-10-27)19-20-36(41)31-13-7-12-30(23-31)34-18-16-26-8-4-5-15-33(26)39(34)32-14-6-11-28(22-32)29-17-21-37-38(24-29)43-25-42-37/h1-25,40-41H/b20-19-,40-35?,41-36?. The SMILES string of the molecule is N=C(/C=C\C(=N)c1cccc(-c2ccc3ccccc3c2-c2cccc(-c3ccc4ncoc4c3)c2)c1)c1ccccc1. The van der Waals surface area contributed by atoms with Crippen molar-refractivity contribution in [2.24, 2.45) is 0 Å². The van der Waals surface area contributed by atoms with E-state index in [9.17, 15) is 0 Å². The summed E-state index contributed by atoms with van der Waals surface area (Å²) in [6.07, 6.45) is 4.86. The summed E-state index contributed by atoms with van der Waals surface area (Å²) in [4.78, 5) is 4.25. The molecule has 0 aliphatic heterocycles. The van der Waals surface area contributed by atoms with Crippen LogP contribution in [-0.4, -0.2) is 16.4 Å². The molecule has 0 unspecified atom stereocenters. The predicted octanol–water partition coefficient (Wildman–Crippen LogP) is 9.97. The Morgan fingerprint density at radius 2 is 1.26 bits per heavy atom. The van der Waals surface area contributed by atoms with Crippen molar-refractivity contribution in [1.29, 1.82) is 10.8 Å².